The van der Waals surface area contributed by atoms with Crippen molar-refractivity contribution >= 4 is 5.91 Å². The first kappa shape index (κ1) is 20.3. The van der Waals surface area contributed by atoms with E-state index in [1.807, 2.05) is 23.1 Å². The van der Waals surface area contributed by atoms with Gasteiger partial charge in [0.25, 0.3) is 5.91 Å². The second-order valence-electron chi connectivity index (χ2n) is 8.64. The van der Waals surface area contributed by atoms with E-state index in [4.69, 9.17) is 14.2 Å². The maximum atomic E-state index is 13.0. The Labute approximate surface area is 183 Å². The summed E-state index contributed by atoms with van der Waals surface area (Å²) in [6.45, 7) is 9.54. The van der Waals surface area contributed by atoms with E-state index in [0.717, 1.165) is 82.6 Å². The summed E-state index contributed by atoms with van der Waals surface area (Å²) in [5.41, 5.74) is 3.32. The number of morpholine rings is 1. The van der Waals surface area contributed by atoms with E-state index in [1.165, 1.54) is 16.0 Å². The van der Waals surface area contributed by atoms with Crippen molar-refractivity contribution in [1.82, 2.24) is 4.90 Å². The van der Waals surface area contributed by atoms with Crippen LogP contribution in [0.3, 0.4) is 0 Å². The summed E-state index contributed by atoms with van der Waals surface area (Å²) in [6, 6.07) is 14.4. The van der Waals surface area contributed by atoms with Gasteiger partial charge in [0.2, 0.25) is 6.79 Å². The lowest BCUT2D eigenvalue weighted by molar-refractivity contribution is -0.921. The van der Waals surface area contributed by atoms with Crippen LogP contribution in [0.15, 0.2) is 42.5 Å². The zero-order valence-electron chi connectivity index (χ0n) is 17.9. The molecule has 0 unspecified atom stereocenters. The molecule has 3 aliphatic rings. The first-order chi connectivity index (χ1) is 15.2. The zero-order valence-corrected chi connectivity index (χ0v) is 17.9. The predicted molar refractivity (Wildman–Crippen MR) is 115 cm³/mol. The minimum Gasteiger partial charge on any atom is -0.454 e. The highest BCUT2D eigenvalue weighted by Crippen LogP contribution is 2.32. The van der Waals surface area contributed by atoms with Crippen LogP contribution in [-0.4, -0.2) is 70.1 Å². The lowest BCUT2D eigenvalue weighted by Crippen LogP contribution is -3.13. The number of benzene rings is 2. The Hall–Kier alpha value is -2.61. The number of carbonyl (C=O) groups excluding carboxylic acids is 1. The average molecular weight is 426 g/mol. The van der Waals surface area contributed by atoms with Crippen molar-refractivity contribution in [2.75, 3.05) is 59.3 Å². The number of rotatable bonds is 5. The number of carbonyl (C=O) groups is 1. The van der Waals surface area contributed by atoms with E-state index < -0.39 is 0 Å². The number of quaternary nitrogens is 2. The van der Waals surface area contributed by atoms with E-state index in [2.05, 4.69) is 24.3 Å². The monoisotopic (exact) mass is 425 g/mol. The van der Waals surface area contributed by atoms with Gasteiger partial charge in [-0.05, 0) is 30.3 Å². The van der Waals surface area contributed by atoms with Crippen LogP contribution in [0.25, 0.3) is 0 Å². The number of ether oxygens (including phenoxy) is 3. The molecule has 2 saturated heterocycles. The van der Waals surface area contributed by atoms with Gasteiger partial charge in [0.15, 0.2) is 11.5 Å². The Balaban J connectivity index is 1.12. The van der Waals surface area contributed by atoms with Crippen LogP contribution in [-0.2, 0) is 17.8 Å². The molecule has 0 spiro atoms. The Morgan fingerprint density at radius 3 is 2.23 bits per heavy atom. The van der Waals surface area contributed by atoms with Gasteiger partial charge in [-0.2, -0.15) is 0 Å². The maximum Gasteiger partial charge on any atom is 0.254 e. The topological polar surface area (TPSA) is 56.9 Å². The second-order valence-corrected chi connectivity index (χ2v) is 8.64. The molecule has 1 amide bonds. The highest BCUT2D eigenvalue weighted by molar-refractivity contribution is 5.94. The smallest absolute Gasteiger partial charge is 0.254 e. The van der Waals surface area contributed by atoms with E-state index in [0.29, 0.717) is 6.79 Å². The number of piperazine rings is 1. The van der Waals surface area contributed by atoms with Gasteiger partial charge in [-0.1, -0.05) is 12.1 Å². The Morgan fingerprint density at radius 1 is 0.806 bits per heavy atom. The minimum atomic E-state index is 0.146. The fourth-order valence-corrected chi connectivity index (χ4v) is 4.62. The Kier molecular flexibility index (Phi) is 6.06. The Morgan fingerprint density at radius 2 is 1.45 bits per heavy atom. The lowest BCUT2D eigenvalue weighted by Gasteiger charge is -2.32. The van der Waals surface area contributed by atoms with Crippen LogP contribution in [0.1, 0.15) is 21.5 Å². The largest absolute Gasteiger partial charge is 0.454 e. The van der Waals surface area contributed by atoms with Crippen molar-refractivity contribution in [3.8, 4) is 11.5 Å². The van der Waals surface area contributed by atoms with E-state index in [1.54, 1.807) is 4.90 Å². The third kappa shape index (κ3) is 4.84. The number of hydrogen-bond donors (Lipinski definition) is 2. The van der Waals surface area contributed by atoms with Crippen molar-refractivity contribution in [1.29, 1.82) is 0 Å². The summed E-state index contributed by atoms with van der Waals surface area (Å²) in [7, 11) is 0. The van der Waals surface area contributed by atoms with E-state index in [-0.39, 0.29) is 5.91 Å². The molecule has 2 N–H and O–H groups in total. The SMILES string of the molecule is O=C(c1ccc(C[NH+]2CCOCC2)cc1)N1CC[NH+](Cc2ccc3c(c2)OCO3)CC1. The molecule has 5 rings (SSSR count). The molecule has 31 heavy (non-hydrogen) atoms. The Bertz CT molecular complexity index is 904. The zero-order chi connectivity index (χ0) is 21.0. The first-order valence-electron chi connectivity index (χ1n) is 11.3. The molecule has 7 heteroatoms. The molecule has 0 atom stereocenters. The van der Waals surface area contributed by atoms with Crippen molar-refractivity contribution in [2.45, 2.75) is 13.1 Å². The van der Waals surface area contributed by atoms with Crippen LogP contribution < -0.4 is 19.3 Å². The molecular formula is C24H31N3O4+2. The molecule has 0 aromatic heterocycles. The summed E-state index contributed by atoms with van der Waals surface area (Å²) >= 11 is 0. The predicted octanol–water partition coefficient (Wildman–Crippen LogP) is -0.629. The van der Waals surface area contributed by atoms with Gasteiger partial charge in [-0.3, -0.25) is 4.79 Å². The van der Waals surface area contributed by atoms with Gasteiger partial charge in [0, 0.05) is 16.7 Å². The van der Waals surface area contributed by atoms with Gasteiger partial charge in [-0.25, -0.2) is 0 Å². The standard InChI is InChI=1S/C24H29N3O4/c28-24(21-4-1-19(2-5-21)16-26-11-13-29-14-12-26)27-9-7-25(8-10-27)17-20-3-6-22-23(15-20)31-18-30-22/h1-6,15H,7-14,16-18H2/p+2. The normalized spacial score (nSPS) is 19.5. The van der Waals surface area contributed by atoms with Crippen LogP contribution >= 0.6 is 0 Å². The van der Waals surface area contributed by atoms with E-state index in [9.17, 15) is 4.79 Å². The highest BCUT2D eigenvalue weighted by atomic mass is 16.7. The number of hydrogen-bond acceptors (Lipinski definition) is 4. The minimum absolute atomic E-state index is 0.146. The van der Waals surface area contributed by atoms with Crippen LogP contribution in [0, 0.1) is 0 Å². The molecule has 0 bridgehead atoms. The van der Waals surface area contributed by atoms with Gasteiger partial charge < -0.3 is 28.9 Å². The number of nitrogens with one attached hydrogen (secondary N) is 2. The van der Waals surface area contributed by atoms with Crippen molar-refractivity contribution in [3.05, 3.63) is 59.2 Å². The fourth-order valence-electron chi connectivity index (χ4n) is 4.62. The molecule has 3 heterocycles. The first-order valence-corrected chi connectivity index (χ1v) is 11.3. The second kappa shape index (κ2) is 9.26. The van der Waals surface area contributed by atoms with E-state index >= 15 is 0 Å². The van der Waals surface area contributed by atoms with Crippen molar-refractivity contribution in [2.24, 2.45) is 0 Å². The van der Waals surface area contributed by atoms with Crippen LogP contribution in [0.5, 0.6) is 11.5 Å². The number of amides is 1. The van der Waals surface area contributed by atoms with Gasteiger partial charge in [0.05, 0.1) is 39.4 Å². The molecule has 2 fully saturated rings. The molecule has 7 nitrogen and oxygen atoms in total. The van der Waals surface area contributed by atoms with Crippen molar-refractivity contribution < 1.29 is 28.8 Å². The highest BCUT2D eigenvalue weighted by Gasteiger charge is 2.25. The summed E-state index contributed by atoms with van der Waals surface area (Å²) in [5.74, 6) is 1.81. The van der Waals surface area contributed by atoms with Crippen LogP contribution in [0.2, 0.25) is 0 Å². The molecule has 0 radical (unpaired) electrons. The molecule has 3 aliphatic heterocycles. The number of fused-ring (bicyclic) bond motifs is 1. The maximum absolute atomic E-state index is 13.0. The average Bonchev–Trinajstić information content (AvgIpc) is 3.28. The third-order valence-electron chi connectivity index (χ3n) is 6.50. The van der Waals surface area contributed by atoms with Crippen LogP contribution in [0.4, 0.5) is 0 Å². The van der Waals surface area contributed by atoms with Crippen molar-refractivity contribution in [3.63, 3.8) is 0 Å². The number of nitrogens with zero attached hydrogens (tertiary/aromatic N) is 1. The quantitative estimate of drug-likeness (QED) is 0.670. The lowest BCUT2D eigenvalue weighted by atomic mass is 10.1. The third-order valence-corrected chi connectivity index (χ3v) is 6.50. The molecule has 164 valence electrons. The summed E-state index contributed by atoms with van der Waals surface area (Å²) in [5, 5.41) is 0. The molecule has 0 saturated carbocycles. The van der Waals surface area contributed by atoms with Gasteiger partial charge in [0.1, 0.15) is 26.2 Å². The summed E-state index contributed by atoms with van der Waals surface area (Å²) in [6.07, 6.45) is 0. The summed E-state index contributed by atoms with van der Waals surface area (Å²) < 4.78 is 16.3. The molecule has 2 aromatic carbocycles. The molecular weight excluding hydrogens is 394 g/mol. The van der Waals surface area contributed by atoms with Gasteiger partial charge >= 0.3 is 0 Å². The fraction of sp³-hybridized carbons (Fsp3) is 0.458. The van der Waals surface area contributed by atoms with Gasteiger partial charge in [-0.15, -0.1) is 0 Å². The molecule has 2 aromatic rings. The summed E-state index contributed by atoms with van der Waals surface area (Å²) in [4.78, 5) is 18.0. The molecule has 0 aliphatic carbocycles.